The minimum Gasteiger partial charge on any atom is -0.307 e. The van der Waals surface area contributed by atoms with Gasteiger partial charge in [0, 0.05) is 5.54 Å². The van der Waals surface area contributed by atoms with Gasteiger partial charge < -0.3 is 5.32 Å². The molecule has 1 atom stereocenters. The van der Waals surface area contributed by atoms with Crippen LogP contribution in [0, 0.1) is 5.41 Å². The van der Waals surface area contributed by atoms with Gasteiger partial charge in [-0.05, 0) is 54.7 Å². The van der Waals surface area contributed by atoms with E-state index in [1.165, 1.54) is 37.7 Å². The van der Waals surface area contributed by atoms with E-state index in [2.05, 4.69) is 50.4 Å². The van der Waals surface area contributed by atoms with Crippen molar-refractivity contribution in [1.82, 2.24) is 5.32 Å². The SMILES string of the molecule is CC(C)(C)C1(c2cccc(C3CCC3)c2)CCCN1. The highest BCUT2D eigenvalue weighted by Crippen LogP contribution is 2.46. The lowest BCUT2D eigenvalue weighted by Gasteiger charge is -2.43. The van der Waals surface area contributed by atoms with Crippen LogP contribution in [0.3, 0.4) is 0 Å². The van der Waals surface area contributed by atoms with Crippen LogP contribution in [0.25, 0.3) is 0 Å². The second kappa shape index (κ2) is 4.63. The Morgan fingerprint density at radius 2 is 1.95 bits per heavy atom. The minimum atomic E-state index is 0.173. The molecule has 0 aromatic heterocycles. The van der Waals surface area contributed by atoms with Crippen LogP contribution in [-0.2, 0) is 5.54 Å². The van der Waals surface area contributed by atoms with E-state index in [1.807, 2.05) is 0 Å². The maximum atomic E-state index is 3.83. The molecule has 1 saturated heterocycles. The number of nitrogens with one attached hydrogen (secondary N) is 1. The summed E-state index contributed by atoms with van der Waals surface area (Å²) in [6.07, 6.45) is 6.76. The molecule has 1 heterocycles. The monoisotopic (exact) mass is 257 g/mol. The molecule has 1 aromatic rings. The molecule has 0 bridgehead atoms. The van der Waals surface area contributed by atoms with Crippen LogP contribution in [0.2, 0.25) is 0 Å². The topological polar surface area (TPSA) is 12.0 Å². The van der Waals surface area contributed by atoms with Crippen LogP contribution < -0.4 is 5.32 Å². The third-order valence-corrected chi connectivity index (χ3v) is 5.39. The van der Waals surface area contributed by atoms with Gasteiger partial charge >= 0.3 is 0 Å². The molecule has 2 aliphatic rings. The molecule has 19 heavy (non-hydrogen) atoms. The predicted octanol–water partition coefficient (Wildman–Crippen LogP) is 4.58. The molecular weight excluding hydrogens is 230 g/mol. The summed E-state index contributed by atoms with van der Waals surface area (Å²) in [5.74, 6) is 0.832. The zero-order valence-corrected chi connectivity index (χ0v) is 12.6. The molecule has 1 heteroatoms. The molecule has 0 radical (unpaired) electrons. The van der Waals surface area contributed by atoms with Gasteiger partial charge in [-0.2, -0.15) is 0 Å². The lowest BCUT2D eigenvalue weighted by Crippen LogP contribution is -2.48. The maximum Gasteiger partial charge on any atom is 0.0484 e. The quantitative estimate of drug-likeness (QED) is 0.817. The first-order valence-electron chi connectivity index (χ1n) is 7.88. The fourth-order valence-electron chi connectivity index (χ4n) is 3.86. The van der Waals surface area contributed by atoms with Crippen LogP contribution >= 0.6 is 0 Å². The summed E-state index contributed by atoms with van der Waals surface area (Å²) in [4.78, 5) is 0. The Bertz CT molecular complexity index is 445. The second-order valence-corrected chi connectivity index (χ2v) is 7.44. The van der Waals surface area contributed by atoms with Crippen molar-refractivity contribution in [2.24, 2.45) is 5.41 Å². The fourth-order valence-corrected chi connectivity index (χ4v) is 3.86. The number of hydrogen-bond donors (Lipinski definition) is 1. The van der Waals surface area contributed by atoms with Gasteiger partial charge in [0.05, 0.1) is 0 Å². The molecule has 2 fully saturated rings. The Labute approximate surface area is 117 Å². The van der Waals surface area contributed by atoms with E-state index in [9.17, 15) is 0 Å². The Hall–Kier alpha value is -0.820. The van der Waals surface area contributed by atoms with Crippen molar-refractivity contribution in [3.63, 3.8) is 0 Å². The molecule has 1 aliphatic heterocycles. The molecule has 1 N–H and O–H groups in total. The highest BCUT2D eigenvalue weighted by atomic mass is 15.0. The second-order valence-electron chi connectivity index (χ2n) is 7.44. The number of benzene rings is 1. The zero-order chi connectivity index (χ0) is 13.5. The van der Waals surface area contributed by atoms with Crippen molar-refractivity contribution in [2.75, 3.05) is 6.54 Å². The largest absolute Gasteiger partial charge is 0.307 e. The molecule has 1 saturated carbocycles. The average molecular weight is 257 g/mol. The molecule has 1 nitrogen and oxygen atoms in total. The summed E-state index contributed by atoms with van der Waals surface area (Å²) in [5.41, 5.74) is 3.53. The van der Waals surface area contributed by atoms with Crippen molar-refractivity contribution in [1.29, 1.82) is 0 Å². The van der Waals surface area contributed by atoms with Gasteiger partial charge in [-0.15, -0.1) is 0 Å². The molecule has 1 aromatic carbocycles. The smallest absolute Gasteiger partial charge is 0.0484 e. The minimum absolute atomic E-state index is 0.173. The molecule has 104 valence electrons. The summed E-state index contributed by atoms with van der Waals surface area (Å²) in [6.45, 7) is 8.29. The van der Waals surface area contributed by atoms with E-state index < -0.39 is 0 Å². The normalized spacial score (nSPS) is 28.4. The van der Waals surface area contributed by atoms with Gasteiger partial charge in [-0.3, -0.25) is 0 Å². The van der Waals surface area contributed by atoms with Crippen LogP contribution in [0.15, 0.2) is 24.3 Å². The zero-order valence-electron chi connectivity index (χ0n) is 12.6. The summed E-state index contributed by atoms with van der Waals surface area (Å²) in [7, 11) is 0. The van der Waals surface area contributed by atoms with Crippen molar-refractivity contribution >= 4 is 0 Å². The standard InChI is InChI=1S/C18H27N/c1-17(2,3)18(11-6-12-19-18)16-10-5-9-15(13-16)14-7-4-8-14/h5,9-10,13-14,19H,4,6-8,11-12H2,1-3H3. The molecule has 1 unspecified atom stereocenters. The lowest BCUT2D eigenvalue weighted by molar-refractivity contribution is 0.160. The van der Waals surface area contributed by atoms with E-state index in [0.717, 1.165) is 12.5 Å². The molecule has 0 spiro atoms. The summed E-state index contributed by atoms with van der Waals surface area (Å²) in [6, 6.07) is 9.44. The number of hydrogen-bond acceptors (Lipinski definition) is 1. The fraction of sp³-hybridized carbons (Fsp3) is 0.667. The highest BCUT2D eigenvalue weighted by molar-refractivity contribution is 5.34. The van der Waals surface area contributed by atoms with Crippen LogP contribution in [0.4, 0.5) is 0 Å². The number of rotatable bonds is 2. The predicted molar refractivity (Wildman–Crippen MR) is 81.4 cm³/mol. The average Bonchev–Trinajstić information content (AvgIpc) is 2.76. The van der Waals surface area contributed by atoms with Crippen LogP contribution in [-0.4, -0.2) is 6.54 Å². The lowest BCUT2D eigenvalue weighted by atomic mass is 9.67. The van der Waals surface area contributed by atoms with Crippen molar-refractivity contribution in [3.05, 3.63) is 35.4 Å². The van der Waals surface area contributed by atoms with Gasteiger partial charge in [-0.1, -0.05) is 51.5 Å². The Kier molecular flexibility index (Phi) is 3.21. The first-order valence-corrected chi connectivity index (χ1v) is 7.88. The Morgan fingerprint density at radius 1 is 1.16 bits per heavy atom. The highest BCUT2D eigenvalue weighted by Gasteiger charge is 2.45. The first kappa shape index (κ1) is 13.2. The van der Waals surface area contributed by atoms with Crippen molar-refractivity contribution < 1.29 is 0 Å². The van der Waals surface area contributed by atoms with E-state index in [-0.39, 0.29) is 11.0 Å². The molecule has 3 rings (SSSR count). The van der Waals surface area contributed by atoms with Gasteiger partial charge in [0.2, 0.25) is 0 Å². The third-order valence-electron chi connectivity index (χ3n) is 5.39. The summed E-state index contributed by atoms with van der Waals surface area (Å²) >= 11 is 0. The van der Waals surface area contributed by atoms with Crippen LogP contribution in [0.5, 0.6) is 0 Å². The van der Waals surface area contributed by atoms with E-state index in [1.54, 1.807) is 5.56 Å². The molecule has 0 amide bonds. The van der Waals surface area contributed by atoms with Crippen molar-refractivity contribution in [3.8, 4) is 0 Å². The Balaban J connectivity index is 1.99. The van der Waals surface area contributed by atoms with Gasteiger partial charge in [0.25, 0.3) is 0 Å². The van der Waals surface area contributed by atoms with Gasteiger partial charge in [0.15, 0.2) is 0 Å². The molecular formula is C18H27N. The maximum absolute atomic E-state index is 3.83. The van der Waals surface area contributed by atoms with Gasteiger partial charge in [-0.25, -0.2) is 0 Å². The molecule has 1 aliphatic carbocycles. The summed E-state index contributed by atoms with van der Waals surface area (Å²) < 4.78 is 0. The van der Waals surface area contributed by atoms with E-state index in [4.69, 9.17) is 0 Å². The van der Waals surface area contributed by atoms with Crippen LogP contribution in [0.1, 0.15) is 69.9 Å². The van der Waals surface area contributed by atoms with E-state index in [0.29, 0.717) is 0 Å². The van der Waals surface area contributed by atoms with Gasteiger partial charge in [0.1, 0.15) is 0 Å². The third kappa shape index (κ3) is 2.12. The first-order chi connectivity index (χ1) is 9.03. The Morgan fingerprint density at radius 3 is 2.47 bits per heavy atom. The van der Waals surface area contributed by atoms with Crippen molar-refractivity contribution in [2.45, 2.75) is 64.3 Å². The summed E-state index contributed by atoms with van der Waals surface area (Å²) in [5, 5.41) is 3.83. The van der Waals surface area contributed by atoms with E-state index >= 15 is 0 Å².